The Morgan fingerprint density at radius 2 is 2.28 bits per heavy atom. The Labute approximate surface area is 109 Å². The predicted octanol–water partition coefficient (Wildman–Crippen LogP) is 2.85. The molecule has 0 bridgehead atoms. The van der Waals surface area contributed by atoms with E-state index in [-0.39, 0.29) is 5.82 Å². The summed E-state index contributed by atoms with van der Waals surface area (Å²) in [5.41, 5.74) is 6.93. The molecule has 2 aromatic rings. The van der Waals surface area contributed by atoms with Crippen molar-refractivity contribution in [1.82, 2.24) is 4.98 Å². The third-order valence-electron chi connectivity index (χ3n) is 2.43. The van der Waals surface area contributed by atoms with Crippen LogP contribution >= 0.6 is 11.3 Å². The summed E-state index contributed by atoms with van der Waals surface area (Å²) in [5.74, 6) is 0.366. The average Bonchev–Trinajstić information content (AvgIpc) is 2.81. The molecule has 96 valence electrons. The average molecular weight is 266 g/mol. The van der Waals surface area contributed by atoms with Gasteiger partial charge in [-0.2, -0.15) is 0 Å². The zero-order valence-corrected chi connectivity index (χ0v) is 11.0. The van der Waals surface area contributed by atoms with Crippen LogP contribution in [0.25, 0.3) is 11.3 Å². The minimum Gasteiger partial charge on any atom is -0.493 e. The number of aromatic nitrogens is 1. The highest BCUT2D eigenvalue weighted by atomic mass is 32.1. The van der Waals surface area contributed by atoms with Gasteiger partial charge in [0.05, 0.1) is 17.3 Å². The molecule has 3 nitrogen and oxygen atoms in total. The first-order chi connectivity index (χ1) is 8.74. The number of hydrogen-bond acceptors (Lipinski definition) is 4. The van der Waals surface area contributed by atoms with Gasteiger partial charge in [0.15, 0.2) is 0 Å². The first-order valence-corrected chi connectivity index (χ1v) is 6.69. The van der Waals surface area contributed by atoms with Crippen molar-refractivity contribution >= 4 is 11.3 Å². The summed E-state index contributed by atoms with van der Waals surface area (Å²) < 4.78 is 18.8. The second kappa shape index (κ2) is 5.93. The Hall–Kier alpha value is -1.46. The van der Waals surface area contributed by atoms with Gasteiger partial charge in [-0.05, 0) is 31.7 Å². The van der Waals surface area contributed by atoms with Crippen LogP contribution in [0.3, 0.4) is 0 Å². The van der Waals surface area contributed by atoms with Crippen molar-refractivity contribution < 1.29 is 9.13 Å². The fourth-order valence-electron chi connectivity index (χ4n) is 1.66. The number of halogens is 1. The van der Waals surface area contributed by atoms with Crippen molar-refractivity contribution in [3.8, 4) is 17.0 Å². The van der Waals surface area contributed by atoms with Crippen molar-refractivity contribution in [2.24, 2.45) is 5.73 Å². The second-order valence-corrected chi connectivity index (χ2v) is 4.68. The maximum atomic E-state index is 13.3. The molecule has 2 N–H and O–H groups in total. The van der Waals surface area contributed by atoms with Crippen LogP contribution in [-0.4, -0.2) is 18.1 Å². The standard InChI is InChI=1S/C13H15FN2OS/c1-2-17-12-4-3-9(14)7-10(12)11-8-18-13(16-11)5-6-15/h3-4,7-8H,2,5-6,15H2,1H3. The fourth-order valence-corrected chi connectivity index (χ4v) is 2.47. The number of rotatable bonds is 5. The van der Waals surface area contributed by atoms with Crippen molar-refractivity contribution in [3.63, 3.8) is 0 Å². The molecule has 2 rings (SSSR count). The van der Waals surface area contributed by atoms with Gasteiger partial charge >= 0.3 is 0 Å². The molecule has 1 heterocycles. The third-order valence-corrected chi connectivity index (χ3v) is 3.34. The van der Waals surface area contributed by atoms with Crippen LogP contribution in [0, 0.1) is 5.82 Å². The molecule has 0 saturated carbocycles. The summed E-state index contributed by atoms with van der Waals surface area (Å²) in [7, 11) is 0. The molecule has 0 fully saturated rings. The first kappa shape index (κ1) is 13.0. The summed E-state index contributed by atoms with van der Waals surface area (Å²) >= 11 is 1.53. The van der Waals surface area contributed by atoms with E-state index < -0.39 is 0 Å². The topological polar surface area (TPSA) is 48.1 Å². The van der Waals surface area contributed by atoms with Crippen molar-refractivity contribution in [2.75, 3.05) is 13.2 Å². The zero-order chi connectivity index (χ0) is 13.0. The van der Waals surface area contributed by atoms with E-state index in [0.717, 1.165) is 17.1 Å². The summed E-state index contributed by atoms with van der Waals surface area (Å²) in [4.78, 5) is 4.45. The number of nitrogens with two attached hydrogens (primary N) is 1. The Bertz CT molecular complexity index is 527. The van der Waals surface area contributed by atoms with E-state index in [1.54, 1.807) is 6.07 Å². The molecular weight excluding hydrogens is 251 g/mol. The number of benzene rings is 1. The molecule has 0 unspecified atom stereocenters. The van der Waals surface area contributed by atoms with Gasteiger partial charge in [0.25, 0.3) is 0 Å². The molecular formula is C13H15FN2OS. The van der Waals surface area contributed by atoms with E-state index in [9.17, 15) is 4.39 Å². The van der Waals surface area contributed by atoms with Crippen LogP contribution in [0.1, 0.15) is 11.9 Å². The summed E-state index contributed by atoms with van der Waals surface area (Å²) in [6, 6.07) is 4.48. The van der Waals surface area contributed by atoms with Crippen LogP contribution in [0.2, 0.25) is 0 Å². The lowest BCUT2D eigenvalue weighted by atomic mass is 10.1. The smallest absolute Gasteiger partial charge is 0.128 e. The van der Waals surface area contributed by atoms with Gasteiger partial charge in [-0.3, -0.25) is 0 Å². The molecule has 18 heavy (non-hydrogen) atoms. The van der Waals surface area contributed by atoms with Crippen molar-refractivity contribution in [2.45, 2.75) is 13.3 Å². The largest absolute Gasteiger partial charge is 0.493 e. The normalized spacial score (nSPS) is 10.6. The molecule has 1 aromatic carbocycles. The summed E-state index contributed by atoms with van der Waals surface area (Å²) in [6.07, 6.45) is 0.740. The monoisotopic (exact) mass is 266 g/mol. The fraction of sp³-hybridized carbons (Fsp3) is 0.308. The molecule has 0 aliphatic heterocycles. The minimum absolute atomic E-state index is 0.290. The summed E-state index contributed by atoms with van der Waals surface area (Å²) in [5, 5.41) is 2.86. The van der Waals surface area contributed by atoms with Crippen LogP contribution in [-0.2, 0) is 6.42 Å². The molecule has 0 aliphatic carbocycles. The minimum atomic E-state index is -0.290. The van der Waals surface area contributed by atoms with Crippen LogP contribution in [0.15, 0.2) is 23.6 Å². The lowest BCUT2D eigenvalue weighted by Gasteiger charge is -2.08. The van der Waals surface area contributed by atoms with Gasteiger partial charge < -0.3 is 10.5 Å². The Morgan fingerprint density at radius 3 is 3.00 bits per heavy atom. The Morgan fingerprint density at radius 1 is 1.44 bits per heavy atom. The maximum Gasteiger partial charge on any atom is 0.128 e. The lowest BCUT2D eigenvalue weighted by molar-refractivity contribution is 0.341. The van der Waals surface area contributed by atoms with Gasteiger partial charge in [-0.25, -0.2) is 9.37 Å². The van der Waals surface area contributed by atoms with E-state index >= 15 is 0 Å². The van der Waals surface area contributed by atoms with Crippen LogP contribution < -0.4 is 10.5 Å². The van der Waals surface area contributed by atoms with E-state index in [1.165, 1.54) is 23.5 Å². The Balaban J connectivity index is 2.37. The van der Waals surface area contributed by atoms with Gasteiger partial charge in [0, 0.05) is 17.4 Å². The number of ether oxygens (including phenoxy) is 1. The first-order valence-electron chi connectivity index (χ1n) is 5.81. The van der Waals surface area contributed by atoms with E-state index in [2.05, 4.69) is 4.98 Å². The van der Waals surface area contributed by atoms with Crippen LogP contribution in [0.4, 0.5) is 4.39 Å². The van der Waals surface area contributed by atoms with Crippen LogP contribution in [0.5, 0.6) is 5.75 Å². The molecule has 0 atom stereocenters. The van der Waals surface area contributed by atoms with Gasteiger partial charge in [-0.15, -0.1) is 11.3 Å². The molecule has 5 heteroatoms. The number of hydrogen-bond donors (Lipinski definition) is 1. The number of nitrogens with zero attached hydrogens (tertiary/aromatic N) is 1. The molecule has 1 aromatic heterocycles. The van der Waals surface area contributed by atoms with Gasteiger partial charge in [-0.1, -0.05) is 0 Å². The highest BCUT2D eigenvalue weighted by molar-refractivity contribution is 7.09. The second-order valence-electron chi connectivity index (χ2n) is 3.74. The van der Waals surface area contributed by atoms with Crippen molar-refractivity contribution in [1.29, 1.82) is 0 Å². The molecule has 0 spiro atoms. The van der Waals surface area contributed by atoms with E-state index in [4.69, 9.17) is 10.5 Å². The maximum absolute atomic E-state index is 13.3. The SMILES string of the molecule is CCOc1ccc(F)cc1-c1csc(CCN)n1. The number of thiazole rings is 1. The van der Waals surface area contributed by atoms with E-state index in [1.807, 2.05) is 12.3 Å². The lowest BCUT2D eigenvalue weighted by Crippen LogP contribution is -2.02. The Kier molecular flexibility index (Phi) is 4.28. The molecule has 0 radical (unpaired) electrons. The highest BCUT2D eigenvalue weighted by Gasteiger charge is 2.11. The molecule has 0 amide bonds. The van der Waals surface area contributed by atoms with Crippen molar-refractivity contribution in [3.05, 3.63) is 34.4 Å². The quantitative estimate of drug-likeness (QED) is 0.905. The molecule has 0 saturated heterocycles. The van der Waals surface area contributed by atoms with Gasteiger partial charge in [0.1, 0.15) is 11.6 Å². The summed E-state index contributed by atoms with van der Waals surface area (Å²) in [6.45, 7) is 3.00. The predicted molar refractivity (Wildman–Crippen MR) is 71.4 cm³/mol. The van der Waals surface area contributed by atoms with Gasteiger partial charge in [0.2, 0.25) is 0 Å². The highest BCUT2D eigenvalue weighted by Crippen LogP contribution is 2.31. The zero-order valence-electron chi connectivity index (χ0n) is 10.1. The van der Waals surface area contributed by atoms with E-state index in [0.29, 0.717) is 24.5 Å². The third kappa shape index (κ3) is 2.86. The molecule has 0 aliphatic rings.